The molecule has 0 spiro atoms. The van der Waals surface area contributed by atoms with E-state index in [4.69, 9.17) is 18.0 Å². The number of nitrogens with one attached hydrogen (secondary N) is 1. The first-order valence-electron chi connectivity index (χ1n) is 5.95. The Labute approximate surface area is 111 Å². The smallest absolute Gasteiger partial charge is 0.168 e. The van der Waals surface area contributed by atoms with Crippen LogP contribution in [0.3, 0.4) is 0 Å². The number of rotatable bonds is 2. The maximum Gasteiger partial charge on any atom is 0.168 e. The highest BCUT2D eigenvalue weighted by molar-refractivity contribution is 7.80. The number of aromatic nitrogens is 2. The number of nitrogens with zero attached hydrogens (tertiary/aromatic N) is 2. The topological polar surface area (TPSA) is 55.9 Å². The zero-order valence-corrected chi connectivity index (χ0v) is 10.7. The molecule has 0 aliphatic carbocycles. The van der Waals surface area contributed by atoms with E-state index in [9.17, 15) is 0 Å². The van der Waals surface area contributed by atoms with Gasteiger partial charge in [-0.1, -0.05) is 12.1 Å². The average Bonchev–Trinajstić information content (AvgIpc) is 2.89. The highest BCUT2D eigenvalue weighted by Crippen LogP contribution is 2.27. The molecular formula is C13H14N4S. The number of anilines is 1. The van der Waals surface area contributed by atoms with Gasteiger partial charge in [0.2, 0.25) is 0 Å². The van der Waals surface area contributed by atoms with Gasteiger partial charge in [0.1, 0.15) is 5.82 Å². The maximum absolute atomic E-state index is 5.49. The van der Waals surface area contributed by atoms with Crippen LogP contribution >= 0.6 is 12.2 Å². The predicted molar refractivity (Wildman–Crippen MR) is 76.4 cm³/mol. The molecule has 2 heterocycles. The number of nitrogens with two attached hydrogens (primary N) is 1. The fraction of sp³-hybridized carbons (Fsp3) is 0.231. The molecule has 4 nitrogen and oxygen atoms in total. The number of thiocarbonyl (C=S) groups is 1. The summed E-state index contributed by atoms with van der Waals surface area (Å²) in [6.45, 7) is 1.05. The van der Waals surface area contributed by atoms with E-state index in [1.54, 1.807) is 0 Å². The van der Waals surface area contributed by atoms with Gasteiger partial charge < -0.3 is 15.6 Å². The van der Waals surface area contributed by atoms with Crippen LogP contribution in [0.25, 0.3) is 11.3 Å². The second-order valence-electron chi connectivity index (χ2n) is 4.38. The Morgan fingerprint density at radius 2 is 2.33 bits per heavy atom. The minimum absolute atomic E-state index is 0.283. The fourth-order valence-electron chi connectivity index (χ4n) is 2.39. The second-order valence-corrected chi connectivity index (χ2v) is 4.82. The summed E-state index contributed by atoms with van der Waals surface area (Å²) in [6.07, 6.45) is 4.19. The van der Waals surface area contributed by atoms with Crippen LogP contribution in [0.1, 0.15) is 12.2 Å². The molecule has 0 unspecified atom stereocenters. The lowest BCUT2D eigenvalue weighted by Crippen LogP contribution is -2.18. The molecule has 3 rings (SSSR count). The summed E-state index contributed by atoms with van der Waals surface area (Å²) in [5, 5.41) is 3.24. The van der Waals surface area contributed by atoms with Crippen LogP contribution in [0.2, 0.25) is 0 Å². The van der Waals surface area contributed by atoms with Crippen molar-refractivity contribution in [3.8, 4) is 11.3 Å². The zero-order valence-electron chi connectivity index (χ0n) is 9.89. The number of hydrogen-bond acceptors (Lipinski definition) is 2. The molecule has 0 saturated heterocycles. The Morgan fingerprint density at radius 1 is 1.44 bits per heavy atom. The third-order valence-electron chi connectivity index (χ3n) is 3.15. The van der Waals surface area contributed by atoms with Crippen LogP contribution in [0.5, 0.6) is 0 Å². The Kier molecular flexibility index (Phi) is 2.76. The molecule has 0 bridgehead atoms. The van der Waals surface area contributed by atoms with E-state index in [1.807, 2.05) is 24.4 Å². The molecule has 0 atom stereocenters. The van der Waals surface area contributed by atoms with E-state index >= 15 is 0 Å². The van der Waals surface area contributed by atoms with Crippen molar-refractivity contribution in [1.29, 1.82) is 0 Å². The van der Waals surface area contributed by atoms with Gasteiger partial charge in [0.25, 0.3) is 0 Å². The zero-order chi connectivity index (χ0) is 12.5. The predicted octanol–water partition coefficient (Wildman–Crippen LogP) is 2.15. The SMILES string of the molecule is NC(=S)Nc1cccc(-c2cnc3n2CCC3)c1. The highest BCUT2D eigenvalue weighted by atomic mass is 32.1. The van der Waals surface area contributed by atoms with Gasteiger partial charge >= 0.3 is 0 Å². The van der Waals surface area contributed by atoms with Gasteiger partial charge in [-0.25, -0.2) is 4.98 Å². The minimum Gasteiger partial charge on any atom is -0.376 e. The number of hydrogen-bond donors (Lipinski definition) is 2. The van der Waals surface area contributed by atoms with Crippen LogP contribution < -0.4 is 11.1 Å². The number of aryl methyl sites for hydroxylation is 1. The summed E-state index contributed by atoms with van der Waals surface area (Å²) < 4.78 is 2.28. The van der Waals surface area contributed by atoms with Crippen molar-refractivity contribution in [2.75, 3.05) is 5.32 Å². The van der Waals surface area contributed by atoms with Crippen molar-refractivity contribution in [3.63, 3.8) is 0 Å². The lowest BCUT2D eigenvalue weighted by atomic mass is 10.1. The molecule has 1 aromatic heterocycles. The van der Waals surface area contributed by atoms with Gasteiger partial charge in [-0.05, 0) is 30.8 Å². The van der Waals surface area contributed by atoms with Crippen molar-refractivity contribution in [1.82, 2.24) is 9.55 Å². The Morgan fingerprint density at radius 3 is 3.17 bits per heavy atom. The van der Waals surface area contributed by atoms with Gasteiger partial charge in [-0.2, -0.15) is 0 Å². The standard InChI is InChI=1S/C13H14N4S/c14-13(18)16-10-4-1-3-9(7-10)11-8-15-12-5-2-6-17(11)12/h1,3-4,7-8H,2,5-6H2,(H3,14,16,18). The summed E-state index contributed by atoms with van der Waals surface area (Å²) >= 11 is 4.85. The van der Waals surface area contributed by atoms with Gasteiger partial charge in [0.15, 0.2) is 5.11 Å². The van der Waals surface area contributed by atoms with Crippen LogP contribution in [0.15, 0.2) is 30.5 Å². The quantitative estimate of drug-likeness (QED) is 0.810. The fourth-order valence-corrected chi connectivity index (χ4v) is 2.51. The molecular weight excluding hydrogens is 244 g/mol. The Hall–Kier alpha value is -1.88. The van der Waals surface area contributed by atoms with Crippen LogP contribution in [-0.4, -0.2) is 14.7 Å². The van der Waals surface area contributed by atoms with Gasteiger partial charge in [0, 0.05) is 24.2 Å². The third kappa shape index (κ3) is 1.97. The molecule has 1 aliphatic heterocycles. The molecule has 0 radical (unpaired) electrons. The lowest BCUT2D eigenvalue weighted by molar-refractivity contribution is 0.756. The Balaban J connectivity index is 1.98. The van der Waals surface area contributed by atoms with Crippen molar-refractivity contribution >= 4 is 23.0 Å². The molecule has 18 heavy (non-hydrogen) atoms. The molecule has 0 fully saturated rings. The molecule has 0 amide bonds. The van der Waals surface area contributed by atoms with Gasteiger partial charge in [-0.15, -0.1) is 0 Å². The van der Waals surface area contributed by atoms with E-state index in [0.717, 1.165) is 29.9 Å². The molecule has 3 N–H and O–H groups in total. The largest absolute Gasteiger partial charge is 0.376 e. The monoisotopic (exact) mass is 258 g/mol. The highest BCUT2D eigenvalue weighted by Gasteiger charge is 2.16. The van der Waals surface area contributed by atoms with Crippen LogP contribution in [-0.2, 0) is 13.0 Å². The summed E-state index contributed by atoms with van der Waals surface area (Å²) in [5.74, 6) is 1.18. The van der Waals surface area contributed by atoms with E-state index in [0.29, 0.717) is 0 Å². The summed E-state index contributed by atoms with van der Waals surface area (Å²) in [5.41, 5.74) is 8.69. The van der Waals surface area contributed by atoms with Crippen molar-refractivity contribution in [2.24, 2.45) is 5.73 Å². The van der Waals surface area contributed by atoms with Gasteiger partial charge in [-0.3, -0.25) is 0 Å². The van der Waals surface area contributed by atoms with E-state index in [2.05, 4.69) is 20.9 Å². The molecule has 92 valence electrons. The first-order valence-corrected chi connectivity index (χ1v) is 6.36. The van der Waals surface area contributed by atoms with E-state index in [1.165, 1.54) is 12.2 Å². The second kappa shape index (κ2) is 4.42. The lowest BCUT2D eigenvalue weighted by Gasteiger charge is -2.08. The number of imidazole rings is 1. The first kappa shape index (κ1) is 11.2. The van der Waals surface area contributed by atoms with Crippen molar-refractivity contribution < 1.29 is 0 Å². The van der Waals surface area contributed by atoms with E-state index in [-0.39, 0.29) is 5.11 Å². The number of benzene rings is 1. The third-order valence-corrected chi connectivity index (χ3v) is 3.25. The molecule has 2 aromatic rings. The minimum atomic E-state index is 0.283. The summed E-state index contributed by atoms with van der Waals surface area (Å²) in [4.78, 5) is 4.46. The molecule has 0 saturated carbocycles. The Bertz CT molecular complexity index is 603. The molecule has 5 heteroatoms. The van der Waals surface area contributed by atoms with E-state index < -0.39 is 0 Å². The van der Waals surface area contributed by atoms with Gasteiger partial charge in [0.05, 0.1) is 11.9 Å². The van der Waals surface area contributed by atoms with Crippen LogP contribution in [0, 0.1) is 0 Å². The maximum atomic E-state index is 5.49. The van der Waals surface area contributed by atoms with Crippen molar-refractivity contribution in [2.45, 2.75) is 19.4 Å². The summed E-state index contributed by atoms with van der Waals surface area (Å²) in [7, 11) is 0. The molecule has 1 aromatic carbocycles. The van der Waals surface area contributed by atoms with Crippen molar-refractivity contribution in [3.05, 3.63) is 36.3 Å². The summed E-state index contributed by atoms with van der Waals surface area (Å²) in [6, 6.07) is 8.06. The first-order chi connectivity index (χ1) is 8.74. The number of fused-ring (bicyclic) bond motifs is 1. The molecule has 1 aliphatic rings. The average molecular weight is 258 g/mol. The van der Waals surface area contributed by atoms with Crippen LogP contribution in [0.4, 0.5) is 5.69 Å². The normalized spacial score (nSPS) is 13.3.